The summed E-state index contributed by atoms with van der Waals surface area (Å²) < 4.78 is 28.5. The second-order valence-electron chi connectivity index (χ2n) is 4.11. The first kappa shape index (κ1) is 11.3. The van der Waals surface area contributed by atoms with E-state index in [1.165, 1.54) is 6.07 Å². The summed E-state index contributed by atoms with van der Waals surface area (Å²) in [5.41, 5.74) is 6.01. The van der Waals surface area contributed by atoms with Gasteiger partial charge in [0.1, 0.15) is 5.75 Å². The van der Waals surface area contributed by atoms with Crippen LogP contribution in [0.2, 0.25) is 0 Å². The third kappa shape index (κ3) is 2.14. The Morgan fingerprint density at radius 1 is 1.38 bits per heavy atom. The van der Waals surface area contributed by atoms with Crippen molar-refractivity contribution in [3.63, 3.8) is 0 Å². The number of sulfone groups is 1. The highest BCUT2D eigenvalue weighted by Crippen LogP contribution is 2.32. The third-order valence-corrected chi connectivity index (χ3v) is 3.93. The summed E-state index contributed by atoms with van der Waals surface area (Å²) in [6.45, 7) is 0. The minimum absolute atomic E-state index is 0.143. The summed E-state index contributed by atoms with van der Waals surface area (Å²) in [6, 6.07) is 4.86. The molecule has 0 heterocycles. The Labute approximate surface area is 95.3 Å². The first-order valence-corrected chi connectivity index (χ1v) is 7.13. The number of hydrogen-bond acceptors (Lipinski definition) is 4. The molecule has 1 saturated carbocycles. The predicted octanol–water partition coefficient (Wildman–Crippen LogP) is 1.60. The third-order valence-electron chi connectivity index (χ3n) is 2.77. The zero-order valence-electron chi connectivity index (χ0n) is 9.14. The van der Waals surface area contributed by atoms with Gasteiger partial charge in [0.05, 0.1) is 16.7 Å². The Morgan fingerprint density at radius 3 is 2.56 bits per heavy atom. The summed E-state index contributed by atoms with van der Waals surface area (Å²) in [5, 5.41) is 0. The largest absolute Gasteiger partial charge is 0.488 e. The van der Waals surface area contributed by atoms with Crippen LogP contribution in [0.1, 0.15) is 19.3 Å². The zero-order chi connectivity index (χ0) is 11.8. The Balaban J connectivity index is 2.32. The summed E-state index contributed by atoms with van der Waals surface area (Å²) in [5.74, 6) is 0.479. The number of benzene rings is 1. The van der Waals surface area contributed by atoms with Gasteiger partial charge in [0.2, 0.25) is 0 Å². The van der Waals surface area contributed by atoms with Crippen molar-refractivity contribution in [1.82, 2.24) is 0 Å². The molecule has 0 saturated heterocycles. The van der Waals surface area contributed by atoms with Gasteiger partial charge in [0.15, 0.2) is 9.84 Å². The van der Waals surface area contributed by atoms with Gasteiger partial charge in [-0.2, -0.15) is 0 Å². The monoisotopic (exact) mass is 241 g/mol. The lowest BCUT2D eigenvalue weighted by atomic mass is 9.96. The highest BCUT2D eigenvalue weighted by atomic mass is 32.2. The topological polar surface area (TPSA) is 69.4 Å². The standard InChI is InChI=1S/C11H15NO3S/c1-16(13,14)10-7-3-6-9(11(10)12)15-8-4-2-5-8/h3,6-8H,2,4-5,12H2,1H3. The van der Waals surface area contributed by atoms with Gasteiger partial charge in [0, 0.05) is 6.26 Å². The first-order valence-electron chi connectivity index (χ1n) is 5.23. The van der Waals surface area contributed by atoms with Crippen LogP contribution in [0.4, 0.5) is 5.69 Å². The molecule has 0 unspecified atom stereocenters. The quantitative estimate of drug-likeness (QED) is 0.816. The van der Waals surface area contributed by atoms with Crippen LogP contribution >= 0.6 is 0 Å². The highest BCUT2D eigenvalue weighted by Gasteiger charge is 2.22. The van der Waals surface area contributed by atoms with Gasteiger partial charge in [0.25, 0.3) is 0 Å². The maximum Gasteiger partial charge on any atom is 0.177 e. The molecule has 1 aliphatic carbocycles. The van der Waals surface area contributed by atoms with E-state index in [1.807, 2.05) is 0 Å². The molecule has 5 heteroatoms. The van der Waals surface area contributed by atoms with E-state index >= 15 is 0 Å². The Morgan fingerprint density at radius 2 is 2.06 bits per heavy atom. The molecule has 16 heavy (non-hydrogen) atoms. The van der Waals surface area contributed by atoms with Crippen LogP contribution in [0.25, 0.3) is 0 Å². The first-order chi connectivity index (χ1) is 7.48. The van der Waals surface area contributed by atoms with Crippen LogP contribution in [0.15, 0.2) is 23.1 Å². The SMILES string of the molecule is CS(=O)(=O)c1cccc(OC2CCC2)c1N. The fraction of sp³-hybridized carbons (Fsp3) is 0.455. The lowest BCUT2D eigenvalue weighted by Gasteiger charge is -2.27. The van der Waals surface area contributed by atoms with Crippen LogP contribution < -0.4 is 10.5 Å². The minimum Gasteiger partial charge on any atom is -0.488 e. The molecule has 1 aromatic carbocycles. The van der Waals surface area contributed by atoms with Crippen LogP contribution in [-0.2, 0) is 9.84 Å². The summed E-state index contributed by atoms with van der Waals surface area (Å²) >= 11 is 0. The highest BCUT2D eigenvalue weighted by molar-refractivity contribution is 7.90. The molecule has 0 bridgehead atoms. The molecular formula is C11H15NO3S. The Hall–Kier alpha value is -1.23. The van der Waals surface area contributed by atoms with Gasteiger partial charge >= 0.3 is 0 Å². The number of rotatable bonds is 3. The maximum atomic E-state index is 11.4. The van der Waals surface area contributed by atoms with E-state index in [4.69, 9.17) is 10.5 Å². The molecule has 0 aromatic heterocycles. The zero-order valence-corrected chi connectivity index (χ0v) is 9.96. The van der Waals surface area contributed by atoms with E-state index in [2.05, 4.69) is 0 Å². The number of ether oxygens (including phenoxy) is 1. The molecule has 0 amide bonds. The van der Waals surface area contributed by atoms with E-state index in [-0.39, 0.29) is 16.7 Å². The number of nitrogen functional groups attached to an aromatic ring is 1. The van der Waals surface area contributed by atoms with Crippen molar-refractivity contribution < 1.29 is 13.2 Å². The fourth-order valence-corrected chi connectivity index (χ4v) is 2.44. The maximum absolute atomic E-state index is 11.4. The van der Waals surface area contributed by atoms with E-state index in [1.54, 1.807) is 12.1 Å². The van der Waals surface area contributed by atoms with Gasteiger partial charge in [-0.15, -0.1) is 0 Å². The van der Waals surface area contributed by atoms with Gasteiger partial charge in [-0.1, -0.05) is 6.07 Å². The van der Waals surface area contributed by atoms with Crippen molar-refractivity contribution in [2.24, 2.45) is 0 Å². The Kier molecular flexibility index (Phi) is 2.80. The molecule has 1 aromatic rings. The number of anilines is 1. The minimum atomic E-state index is -3.29. The van der Waals surface area contributed by atoms with Gasteiger partial charge in [-0.05, 0) is 31.4 Å². The normalized spacial score (nSPS) is 16.8. The smallest absolute Gasteiger partial charge is 0.177 e. The molecule has 2 rings (SSSR count). The molecular weight excluding hydrogens is 226 g/mol. The Bertz CT molecular complexity index is 492. The molecule has 0 spiro atoms. The van der Waals surface area contributed by atoms with Crippen molar-refractivity contribution >= 4 is 15.5 Å². The average molecular weight is 241 g/mol. The molecule has 1 aliphatic rings. The second-order valence-corrected chi connectivity index (χ2v) is 6.10. The van der Waals surface area contributed by atoms with Gasteiger partial charge < -0.3 is 10.5 Å². The summed E-state index contributed by atoms with van der Waals surface area (Å²) in [7, 11) is -3.29. The lowest BCUT2D eigenvalue weighted by molar-refractivity contribution is 0.121. The van der Waals surface area contributed by atoms with E-state index in [0.29, 0.717) is 5.75 Å². The van der Waals surface area contributed by atoms with E-state index < -0.39 is 9.84 Å². The van der Waals surface area contributed by atoms with Crippen LogP contribution in [-0.4, -0.2) is 20.8 Å². The molecule has 2 N–H and O–H groups in total. The van der Waals surface area contributed by atoms with Gasteiger partial charge in [-0.3, -0.25) is 0 Å². The predicted molar refractivity (Wildman–Crippen MR) is 62.2 cm³/mol. The van der Waals surface area contributed by atoms with E-state index in [9.17, 15) is 8.42 Å². The molecule has 4 nitrogen and oxygen atoms in total. The summed E-state index contributed by atoms with van der Waals surface area (Å²) in [6.07, 6.45) is 4.53. The molecule has 88 valence electrons. The second kappa shape index (κ2) is 3.97. The van der Waals surface area contributed by atoms with Crippen molar-refractivity contribution in [2.75, 3.05) is 12.0 Å². The van der Waals surface area contributed by atoms with Crippen LogP contribution in [0, 0.1) is 0 Å². The number of para-hydroxylation sites is 1. The molecule has 0 atom stereocenters. The van der Waals surface area contributed by atoms with Gasteiger partial charge in [-0.25, -0.2) is 8.42 Å². The molecule has 0 aliphatic heterocycles. The van der Waals surface area contributed by atoms with Crippen molar-refractivity contribution in [3.05, 3.63) is 18.2 Å². The lowest BCUT2D eigenvalue weighted by Crippen LogP contribution is -2.25. The van der Waals surface area contributed by atoms with Crippen LogP contribution in [0.3, 0.4) is 0 Å². The fourth-order valence-electron chi connectivity index (χ4n) is 1.62. The number of hydrogen-bond donors (Lipinski definition) is 1. The number of nitrogens with two attached hydrogens (primary N) is 1. The summed E-state index contributed by atoms with van der Waals surface area (Å²) in [4.78, 5) is 0.143. The van der Waals surface area contributed by atoms with E-state index in [0.717, 1.165) is 25.5 Å². The molecule has 0 radical (unpaired) electrons. The van der Waals surface area contributed by atoms with Crippen molar-refractivity contribution in [3.8, 4) is 5.75 Å². The van der Waals surface area contributed by atoms with Crippen molar-refractivity contribution in [1.29, 1.82) is 0 Å². The van der Waals surface area contributed by atoms with Crippen LogP contribution in [0.5, 0.6) is 5.75 Å². The van der Waals surface area contributed by atoms with Crippen molar-refractivity contribution in [2.45, 2.75) is 30.3 Å². The molecule has 1 fully saturated rings. The average Bonchev–Trinajstić information content (AvgIpc) is 2.11.